The Bertz CT molecular complexity index is 2050. The summed E-state index contributed by atoms with van der Waals surface area (Å²) in [5, 5.41) is 15.1. The van der Waals surface area contributed by atoms with E-state index in [-0.39, 0.29) is 40.4 Å². The number of aromatic nitrogens is 6. The first-order valence-corrected chi connectivity index (χ1v) is 14.4. The molecule has 0 radical (unpaired) electrons. The minimum Gasteiger partial charge on any atom is -0.406 e. The van der Waals surface area contributed by atoms with Crippen molar-refractivity contribution in [1.82, 2.24) is 29.8 Å². The number of rotatable bonds is 7. The number of tetrazole rings is 1. The number of nitrogens with one attached hydrogen (secondary N) is 2. The molecule has 236 valence electrons. The summed E-state index contributed by atoms with van der Waals surface area (Å²) in [5.41, 5.74) is -0.699. The number of hydrogen-bond acceptors (Lipinski definition) is 8. The van der Waals surface area contributed by atoms with Gasteiger partial charge in [0.05, 0.1) is 33.7 Å². The van der Waals surface area contributed by atoms with Crippen molar-refractivity contribution in [3.05, 3.63) is 83.0 Å². The first-order chi connectivity index (χ1) is 21.0. The molecule has 12 nitrogen and oxygen atoms in total. The smallest absolute Gasteiger partial charge is 0.406 e. The van der Waals surface area contributed by atoms with E-state index < -0.39 is 44.5 Å². The Balaban J connectivity index is 1.66. The first-order valence-electron chi connectivity index (χ1n) is 12.5. The lowest BCUT2D eigenvalue weighted by atomic mass is 10.1. The van der Waals surface area contributed by atoms with Crippen molar-refractivity contribution in [1.29, 1.82) is 0 Å². The lowest BCUT2D eigenvalue weighted by Gasteiger charge is -2.12. The molecular formula is C26H20F6N8O4S. The molecule has 1 amide bonds. The molecule has 2 N–H and O–H groups in total. The normalized spacial score (nSPS) is 12.9. The molecule has 0 spiro atoms. The number of ether oxygens (including phenoxy) is 1. The van der Waals surface area contributed by atoms with Crippen LogP contribution in [0, 0.1) is 0 Å². The summed E-state index contributed by atoms with van der Waals surface area (Å²) in [6.07, 6.45) is -9.06. The van der Waals surface area contributed by atoms with E-state index in [2.05, 4.69) is 35.7 Å². The summed E-state index contributed by atoms with van der Waals surface area (Å²) >= 11 is 0. The highest BCUT2D eigenvalue weighted by Crippen LogP contribution is 2.35. The molecule has 5 aromatic rings. The van der Waals surface area contributed by atoms with Crippen LogP contribution in [0.15, 0.2) is 70.6 Å². The van der Waals surface area contributed by atoms with E-state index in [4.69, 9.17) is 0 Å². The Morgan fingerprint density at radius 2 is 1.69 bits per heavy atom. The number of benzene rings is 3. The summed E-state index contributed by atoms with van der Waals surface area (Å²) in [4.78, 5) is 16.3. The number of halogens is 6. The topological polar surface area (TPSA) is 149 Å². The highest BCUT2D eigenvalue weighted by Gasteiger charge is 2.34. The van der Waals surface area contributed by atoms with E-state index in [1.807, 2.05) is 0 Å². The molecule has 0 unspecified atom stereocenters. The number of nitrogens with zero attached hydrogens (tertiary/aromatic N) is 6. The molecule has 5 rings (SSSR count). The van der Waals surface area contributed by atoms with Gasteiger partial charge < -0.3 is 13.9 Å². The third kappa shape index (κ3) is 6.97. The SMILES string of the molecule is Cn1c(=Nc2ccc(OC(F)(F)F)cc2)n(Cc2ccc(C(=O)Nc3nnn[nH]3)cc2)c2cc(C(F)(F)F)cc(S(C)(=O)=O)c21. The molecule has 0 saturated carbocycles. The lowest BCUT2D eigenvalue weighted by molar-refractivity contribution is -0.274. The predicted octanol–water partition coefficient (Wildman–Crippen LogP) is 4.35. The van der Waals surface area contributed by atoms with Crippen LogP contribution in [-0.4, -0.2) is 56.7 Å². The zero-order chi connectivity index (χ0) is 32.7. The van der Waals surface area contributed by atoms with Crippen LogP contribution >= 0.6 is 0 Å². The fourth-order valence-electron chi connectivity index (χ4n) is 4.44. The van der Waals surface area contributed by atoms with Crippen LogP contribution in [0.5, 0.6) is 5.75 Å². The second kappa shape index (κ2) is 11.4. The number of amides is 1. The Morgan fingerprint density at radius 1 is 1.02 bits per heavy atom. The summed E-state index contributed by atoms with van der Waals surface area (Å²) in [7, 11) is -2.81. The maximum atomic E-state index is 13.9. The summed E-state index contributed by atoms with van der Waals surface area (Å²) < 4.78 is 112. The maximum Gasteiger partial charge on any atom is 0.573 e. The van der Waals surface area contributed by atoms with Crippen molar-refractivity contribution in [3.8, 4) is 5.75 Å². The van der Waals surface area contributed by atoms with Gasteiger partial charge in [-0.3, -0.25) is 10.1 Å². The van der Waals surface area contributed by atoms with E-state index in [1.165, 1.54) is 52.6 Å². The van der Waals surface area contributed by atoms with Gasteiger partial charge in [-0.25, -0.2) is 18.5 Å². The van der Waals surface area contributed by atoms with Gasteiger partial charge in [-0.15, -0.1) is 13.2 Å². The van der Waals surface area contributed by atoms with Crippen LogP contribution in [0.3, 0.4) is 0 Å². The molecule has 0 atom stereocenters. The van der Waals surface area contributed by atoms with Crippen LogP contribution in [0.2, 0.25) is 0 Å². The van der Waals surface area contributed by atoms with E-state index in [0.29, 0.717) is 11.6 Å². The van der Waals surface area contributed by atoms with Gasteiger partial charge in [0.1, 0.15) is 5.75 Å². The minimum absolute atomic E-state index is 0.00166. The summed E-state index contributed by atoms with van der Waals surface area (Å²) in [6.45, 7) is -0.149. The second-order valence-corrected chi connectivity index (χ2v) is 11.6. The molecule has 19 heteroatoms. The van der Waals surface area contributed by atoms with E-state index >= 15 is 0 Å². The Labute approximate surface area is 248 Å². The van der Waals surface area contributed by atoms with Crippen molar-refractivity contribution in [2.24, 2.45) is 12.0 Å². The van der Waals surface area contributed by atoms with E-state index in [1.54, 1.807) is 0 Å². The minimum atomic E-state index is -4.93. The number of alkyl halides is 6. The monoisotopic (exact) mass is 654 g/mol. The largest absolute Gasteiger partial charge is 0.573 e. The van der Waals surface area contributed by atoms with Gasteiger partial charge in [0, 0.05) is 18.9 Å². The molecule has 3 aromatic carbocycles. The molecule has 0 aliphatic rings. The van der Waals surface area contributed by atoms with Crippen molar-refractivity contribution in [2.75, 3.05) is 11.6 Å². The number of anilines is 1. The van der Waals surface area contributed by atoms with Crippen LogP contribution in [-0.2, 0) is 29.6 Å². The molecule has 2 heterocycles. The Morgan fingerprint density at radius 3 is 2.24 bits per heavy atom. The number of carbonyl (C=O) groups is 1. The average molecular weight is 655 g/mol. The van der Waals surface area contributed by atoms with Crippen LogP contribution in [0.1, 0.15) is 21.5 Å². The Hall–Kier alpha value is -5.20. The standard InChI is InChI=1S/C26H20F6N8O4S/c1-39-21-19(11-16(25(27,28)29)12-20(21)45(2,42)43)40(24(39)33-17-7-9-18(10-8-17)44-26(30,31)32)13-14-3-5-15(6-4-14)22(41)34-23-35-37-38-36-23/h3-12H,13H2,1-2H3,(H2,34,35,36,37,38,41). The molecule has 0 bridgehead atoms. The zero-order valence-electron chi connectivity index (χ0n) is 23.0. The molecule has 0 aliphatic carbocycles. The number of imidazole rings is 1. The lowest BCUT2D eigenvalue weighted by Crippen LogP contribution is -2.24. The highest BCUT2D eigenvalue weighted by atomic mass is 32.2. The molecule has 0 aliphatic heterocycles. The molecule has 2 aromatic heterocycles. The van der Waals surface area contributed by atoms with Crippen molar-refractivity contribution < 1.29 is 44.3 Å². The number of aryl methyl sites for hydroxylation is 1. The fourth-order valence-corrected chi connectivity index (χ4v) is 5.37. The number of aromatic amines is 1. The van der Waals surface area contributed by atoms with E-state index in [9.17, 15) is 39.6 Å². The number of fused-ring (bicyclic) bond motifs is 1. The molecule has 0 fully saturated rings. The van der Waals surface area contributed by atoms with Gasteiger partial charge >= 0.3 is 12.5 Å². The van der Waals surface area contributed by atoms with Crippen LogP contribution in [0.25, 0.3) is 11.0 Å². The van der Waals surface area contributed by atoms with Crippen molar-refractivity contribution in [2.45, 2.75) is 24.0 Å². The third-order valence-electron chi connectivity index (χ3n) is 6.38. The molecule has 0 saturated heterocycles. The summed E-state index contributed by atoms with van der Waals surface area (Å²) in [5.74, 6) is -1.08. The number of carbonyl (C=O) groups excluding carboxylic acids is 1. The van der Waals surface area contributed by atoms with Gasteiger partial charge in [-0.2, -0.15) is 13.2 Å². The maximum absolute atomic E-state index is 13.9. The number of hydrogen-bond donors (Lipinski definition) is 2. The third-order valence-corrected chi connectivity index (χ3v) is 7.49. The van der Waals surface area contributed by atoms with Gasteiger partial charge in [0.25, 0.3) is 5.91 Å². The highest BCUT2D eigenvalue weighted by molar-refractivity contribution is 7.91. The number of H-pyrrole nitrogens is 1. The van der Waals surface area contributed by atoms with Crippen LogP contribution < -0.4 is 15.7 Å². The first kappa shape index (κ1) is 31.2. The quantitative estimate of drug-likeness (QED) is 0.248. The number of sulfone groups is 1. The van der Waals surface area contributed by atoms with Crippen molar-refractivity contribution >= 4 is 38.4 Å². The predicted molar refractivity (Wildman–Crippen MR) is 145 cm³/mol. The fraction of sp³-hybridized carbons (Fsp3) is 0.192. The van der Waals surface area contributed by atoms with Crippen molar-refractivity contribution in [3.63, 3.8) is 0 Å². The van der Waals surface area contributed by atoms with Gasteiger partial charge in [0.2, 0.25) is 11.6 Å². The summed E-state index contributed by atoms with van der Waals surface area (Å²) in [6, 6.07) is 11.7. The zero-order valence-corrected chi connectivity index (χ0v) is 23.8. The molecule has 45 heavy (non-hydrogen) atoms. The average Bonchev–Trinajstić information content (AvgIpc) is 3.54. The van der Waals surface area contributed by atoms with Gasteiger partial charge in [-0.05, 0) is 64.5 Å². The second-order valence-electron chi connectivity index (χ2n) is 9.61. The Kier molecular flexibility index (Phi) is 7.90. The molecular weight excluding hydrogens is 634 g/mol. The van der Waals surface area contributed by atoms with Gasteiger partial charge in [-0.1, -0.05) is 17.2 Å². The van der Waals surface area contributed by atoms with E-state index in [0.717, 1.165) is 24.5 Å². The van der Waals surface area contributed by atoms with Crippen LogP contribution in [0.4, 0.5) is 38.0 Å². The van der Waals surface area contributed by atoms with Gasteiger partial charge in [0.15, 0.2) is 9.84 Å².